The van der Waals surface area contributed by atoms with E-state index in [1.165, 1.54) is 7.11 Å². The average Bonchev–Trinajstić information content (AvgIpc) is 2.80. The Balaban J connectivity index is 2.49. The Bertz CT molecular complexity index is 632. The zero-order chi connectivity index (χ0) is 14.7. The van der Waals surface area contributed by atoms with Crippen molar-refractivity contribution in [2.75, 3.05) is 13.7 Å². The van der Waals surface area contributed by atoms with Gasteiger partial charge in [-0.1, -0.05) is 6.07 Å². The second kappa shape index (κ2) is 5.77. The first-order valence-corrected chi connectivity index (χ1v) is 6.45. The highest BCUT2D eigenvalue weighted by molar-refractivity contribution is 5.91. The van der Waals surface area contributed by atoms with Gasteiger partial charge in [-0.2, -0.15) is 0 Å². The highest BCUT2D eigenvalue weighted by atomic mass is 16.5. The second-order valence-corrected chi connectivity index (χ2v) is 4.48. The zero-order valence-corrected chi connectivity index (χ0v) is 12.1. The number of aromatic nitrogens is 2. The molecule has 0 fully saturated rings. The lowest BCUT2D eigenvalue weighted by Crippen LogP contribution is -2.02. The van der Waals surface area contributed by atoms with Crippen molar-refractivity contribution in [3.8, 4) is 17.1 Å². The summed E-state index contributed by atoms with van der Waals surface area (Å²) in [5, 5.41) is 7.13. The van der Waals surface area contributed by atoms with Crippen molar-refractivity contribution in [3.05, 3.63) is 34.9 Å². The number of carbonyl (C=O) groups is 1. The number of methoxy groups -OCH3 is 1. The molecule has 0 atom stereocenters. The molecule has 1 aromatic carbocycles. The predicted octanol–water partition coefficient (Wildman–Crippen LogP) is 2.88. The number of aromatic amines is 1. The number of carbonyl (C=O) groups excluding carboxylic acids is 1. The molecule has 5 nitrogen and oxygen atoms in total. The number of esters is 1. The van der Waals surface area contributed by atoms with Gasteiger partial charge >= 0.3 is 5.97 Å². The molecule has 0 saturated heterocycles. The van der Waals surface area contributed by atoms with Crippen molar-refractivity contribution in [2.45, 2.75) is 20.8 Å². The minimum atomic E-state index is -0.353. The van der Waals surface area contributed by atoms with Gasteiger partial charge in [0.2, 0.25) is 5.88 Å². The highest BCUT2D eigenvalue weighted by Crippen LogP contribution is 2.30. The van der Waals surface area contributed by atoms with Gasteiger partial charge in [-0.05, 0) is 38.5 Å². The maximum absolute atomic E-state index is 11.6. The molecule has 0 spiro atoms. The van der Waals surface area contributed by atoms with E-state index in [4.69, 9.17) is 9.47 Å². The van der Waals surface area contributed by atoms with Gasteiger partial charge in [0.1, 0.15) is 0 Å². The SMILES string of the molecule is CCOc1n[nH]c(-c2cc(C(=O)OC)ccc2C)c1C. The Kier molecular flexibility index (Phi) is 4.08. The van der Waals surface area contributed by atoms with Crippen LogP contribution < -0.4 is 4.74 Å². The van der Waals surface area contributed by atoms with Crippen molar-refractivity contribution in [2.24, 2.45) is 0 Å². The van der Waals surface area contributed by atoms with Gasteiger partial charge in [-0.15, -0.1) is 5.10 Å². The van der Waals surface area contributed by atoms with E-state index >= 15 is 0 Å². The molecule has 0 bridgehead atoms. The molecule has 0 radical (unpaired) electrons. The van der Waals surface area contributed by atoms with E-state index in [-0.39, 0.29) is 5.97 Å². The van der Waals surface area contributed by atoms with Crippen LogP contribution in [0.3, 0.4) is 0 Å². The maximum atomic E-state index is 11.6. The lowest BCUT2D eigenvalue weighted by Gasteiger charge is -2.07. The molecule has 0 unspecified atom stereocenters. The van der Waals surface area contributed by atoms with Gasteiger partial charge in [0.15, 0.2) is 0 Å². The van der Waals surface area contributed by atoms with Crippen LogP contribution in [0.2, 0.25) is 0 Å². The molecule has 0 aliphatic carbocycles. The fourth-order valence-electron chi connectivity index (χ4n) is 2.06. The first-order chi connectivity index (χ1) is 9.58. The number of benzene rings is 1. The summed E-state index contributed by atoms with van der Waals surface area (Å²) >= 11 is 0. The van der Waals surface area contributed by atoms with Gasteiger partial charge in [0, 0.05) is 11.1 Å². The first kappa shape index (κ1) is 14.1. The summed E-state index contributed by atoms with van der Waals surface area (Å²) < 4.78 is 10.2. The van der Waals surface area contributed by atoms with Crippen LogP contribution in [-0.2, 0) is 4.74 Å². The summed E-state index contributed by atoms with van der Waals surface area (Å²) in [5.41, 5.74) is 4.27. The summed E-state index contributed by atoms with van der Waals surface area (Å²) in [6.07, 6.45) is 0. The quantitative estimate of drug-likeness (QED) is 0.871. The monoisotopic (exact) mass is 274 g/mol. The zero-order valence-electron chi connectivity index (χ0n) is 12.1. The Morgan fingerprint density at radius 1 is 1.35 bits per heavy atom. The Hall–Kier alpha value is -2.30. The number of nitrogens with zero attached hydrogens (tertiary/aromatic N) is 1. The Morgan fingerprint density at radius 2 is 2.10 bits per heavy atom. The normalized spacial score (nSPS) is 10.4. The minimum Gasteiger partial charge on any atom is -0.477 e. The van der Waals surface area contributed by atoms with Crippen molar-refractivity contribution in [3.63, 3.8) is 0 Å². The summed E-state index contributed by atoms with van der Waals surface area (Å²) in [5.74, 6) is 0.235. The maximum Gasteiger partial charge on any atom is 0.337 e. The van der Waals surface area contributed by atoms with E-state index < -0.39 is 0 Å². The van der Waals surface area contributed by atoms with Crippen LogP contribution in [0.1, 0.15) is 28.4 Å². The Labute approximate surface area is 117 Å². The largest absolute Gasteiger partial charge is 0.477 e. The molecule has 2 rings (SSSR count). The minimum absolute atomic E-state index is 0.353. The molecule has 5 heteroatoms. The number of nitrogens with one attached hydrogen (secondary N) is 1. The average molecular weight is 274 g/mol. The third-order valence-electron chi connectivity index (χ3n) is 3.17. The molecule has 1 heterocycles. The lowest BCUT2D eigenvalue weighted by atomic mass is 10.0. The lowest BCUT2D eigenvalue weighted by molar-refractivity contribution is 0.0601. The molecule has 106 valence electrons. The fourth-order valence-corrected chi connectivity index (χ4v) is 2.06. The summed E-state index contributed by atoms with van der Waals surface area (Å²) in [7, 11) is 1.37. The molecule has 2 aromatic rings. The molecule has 1 N–H and O–H groups in total. The first-order valence-electron chi connectivity index (χ1n) is 6.45. The molecule has 20 heavy (non-hydrogen) atoms. The summed E-state index contributed by atoms with van der Waals surface area (Å²) in [6, 6.07) is 5.44. The van der Waals surface area contributed by atoms with Crippen LogP contribution in [0.25, 0.3) is 11.3 Å². The summed E-state index contributed by atoms with van der Waals surface area (Å²) in [4.78, 5) is 11.6. The van der Waals surface area contributed by atoms with E-state index in [1.807, 2.05) is 26.8 Å². The standard InChI is InChI=1S/C15H18N2O3/c1-5-20-14-10(3)13(16-17-14)12-8-11(15(18)19-4)7-6-9(12)2/h6-8H,5H2,1-4H3,(H,16,17). The van der Waals surface area contributed by atoms with Crippen LogP contribution in [-0.4, -0.2) is 29.9 Å². The van der Waals surface area contributed by atoms with Gasteiger partial charge in [-0.3, -0.25) is 5.10 Å². The van der Waals surface area contributed by atoms with Gasteiger partial charge in [0.05, 0.1) is 25.0 Å². The number of hydrogen-bond donors (Lipinski definition) is 1. The van der Waals surface area contributed by atoms with E-state index in [2.05, 4.69) is 10.2 Å². The fraction of sp³-hybridized carbons (Fsp3) is 0.333. The van der Waals surface area contributed by atoms with Crippen LogP contribution >= 0.6 is 0 Å². The van der Waals surface area contributed by atoms with E-state index in [9.17, 15) is 4.79 Å². The number of H-pyrrole nitrogens is 1. The van der Waals surface area contributed by atoms with Crippen LogP contribution in [0.15, 0.2) is 18.2 Å². The summed E-state index contributed by atoms with van der Waals surface area (Å²) in [6.45, 7) is 6.40. The molecular formula is C15H18N2O3. The third-order valence-corrected chi connectivity index (χ3v) is 3.17. The van der Waals surface area contributed by atoms with Gasteiger partial charge in [-0.25, -0.2) is 4.79 Å². The highest BCUT2D eigenvalue weighted by Gasteiger charge is 2.15. The molecule has 1 aromatic heterocycles. The van der Waals surface area contributed by atoms with Crippen molar-refractivity contribution in [1.29, 1.82) is 0 Å². The number of aryl methyl sites for hydroxylation is 1. The Morgan fingerprint density at radius 3 is 2.75 bits per heavy atom. The van der Waals surface area contributed by atoms with E-state index in [0.29, 0.717) is 18.1 Å². The molecule has 0 aliphatic rings. The van der Waals surface area contributed by atoms with Crippen molar-refractivity contribution >= 4 is 5.97 Å². The molecule has 0 saturated carbocycles. The predicted molar refractivity (Wildman–Crippen MR) is 76.0 cm³/mol. The second-order valence-electron chi connectivity index (χ2n) is 4.48. The van der Waals surface area contributed by atoms with Crippen molar-refractivity contribution in [1.82, 2.24) is 10.2 Å². The van der Waals surface area contributed by atoms with Gasteiger partial charge < -0.3 is 9.47 Å². The topological polar surface area (TPSA) is 64.2 Å². The van der Waals surface area contributed by atoms with Gasteiger partial charge in [0.25, 0.3) is 0 Å². The van der Waals surface area contributed by atoms with E-state index in [1.54, 1.807) is 12.1 Å². The van der Waals surface area contributed by atoms with Crippen LogP contribution in [0.5, 0.6) is 5.88 Å². The third kappa shape index (κ3) is 2.52. The number of hydrogen-bond acceptors (Lipinski definition) is 4. The number of ether oxygens (including phenoxy) is 2. The van der Waals surface area contributed by atoms with Crippen molar-refractivity contribution < 1.29 is 14.3 Å². The number of rotatable bonds is 4. The molecule has 0 aliphatic heterocycles. The van der Waals surface area contributed by atoms with Crippen LogP contribution in [0, 0.1) is 13.8 Å². The molecule has 0 amide bonds. The van der Waals surface area contributed by atoms with Crippen LogP contribution in [0.4, 0.5) is 0 Å². The molecular weight excluding hydrogens is 256 g/mol. The smallest absolute Gasteiger partial charge is 0.337 e. The van der Waals surface area contributed by atoms with E-state index in [0.717, 1.165) is 22.4 Å².